The number of aromatic nitrogens is 2. The lowest BCUT2D eigenvalue weighted by molar-refractivity contribution is 0.295. The number of hydrogen-bond acceptors (Lipinski definition) is 1. The molecular weight excluding hydrogens is 749 g/mol. The van der Waals surface area contributed by atoms with Crippen molar-refractivity contribution >= 4 is 44.2 Å². The van der Waals surface area contributed by atoms with E-state index in [1.165, 1.54) is 77.3 Å². The molecule has 4 aliphatic carbocycles. The standard InChI is InChI=1S/C60H50N2/c1-3-4-32-54-53(41-48-38-45-23-17-18-30-50(45)58(61-48)42-21-9-5-10-22-42)55-40-44(36-37-59(55,2)60(54,46-24-11-6-12-25-46)47-26-13-7-14-27-47)43-34-35-57-52(39-43)51-31-19-20-33-56(51)62(57)49-28-15-8-16-29-49/h3-6,8-13,15-21,23-36,38-42H,7,14,22,37H2,1-2H3/b4-3-,53-41?,54-32+. The van der Waals surface area contributed by atoms with Crippen molar-refractivity contribution < 1.29 is 0 Å². The second-order valence-electron chi connectivity index (χ2n) is 17.4. The molecule has 0 N–H and O–H groups in total. The molecule has 3 atom stereocenters. The SMILES string of the molecule is C/C=C\C=C1/C(=Cc2cc3ccccc3c(C3C=CC=CC3)n2)C2=CC(c3ccc4c(c3)c3ccccc3n4-c3ccccc3)=CCC2(C)C1(C1=CCCC=C1)c1ccccc1. The average Bonchev–Trinajstić information content (AvgIpc) is 3.77. The zero-order valence-corrected chi connectivity index (χ0v) is 35.5. The molecule has 62 heavy (non-hydrogen) atoms. The maximum Gasteiger partial charge on any atom is 0.0645 e. The molecular formula is C60H50N2. The van der Waals surface area contributed by atoms with Crippen molar-refractivity contribution in [3.63, 3.8) is 0 Å². The monoisotopic (exact) mass is 798 g/mol. The molecule has 1 fully saturated rings. The molecule has 300 valence electrons. The van der Waals surface area contributed by atoms with Gasteiger partial charge in [0.05, 0.1) is 27.8 Å². The van der Waals surface area contributed by atoms with E-state index >= 15 is 0 Å². The lowest BCUT2D eigenvalue weighted by Crippen LogP contribution is -2.43. The molecule has 4 aliphatic rings. The maximum absolute atomic E-state index is 5.58. The van der Waals surface area contributed by atoms with Gasteiger partial charge in [-0.15, -0.1) is 0 Å². The Morgan fingerprint density at radius 1 is 0.726 bits per heavy atom. The molecule has 0 radical (unpaired) electrons. The predicted octanol–water partition coefficient (Wildman–Crippen LogP) is 15.5. The third-order valence-electron chi connectivity index (χ3n) is 14.0. The minimum Gasteiger partial charge on any atom is -0.309 e. The minimum atomic E-state index is -0.450. The quantitative estimate of drug-likeness (QED) is 0.157. The van der Waals surface area contributed by atoms with Crippen molar-refractivity contribution in [3.8, 4) is 5.69 Å². The van der Waals surface area contributed by atoms with Crippen molar-refractivity contribution in [2.75, 3.05) is 0 Å². The van der Waals surface area contributed by atoms with Crippen molar-refractivity contribution in [2.45, 2.75) is 50.9 Å². The van der Waals surface area contributed by atoms with Gasteiger partial charge in [0.1, 0.15) is 0 Å². The highest BCUT2D eigenvalue weighted by Crippen LogP contribution is 2.69. The summed E-state index contributed by atoms with van der Waals surface area (Å²) in [5, 5.41) is 4.98. The van der Waals surface area contributed by atoms with E-state index < -0.39 is 5.41 Å². The van der Waals surface area contributed by atoms with Gasteiger partial charge < -0.3 is 4.57 Å². The maximum atomic E-state index is 5.58. The van der Waals surface area contributed by atoms with E-state index in [2.05, 4.69) is 231 Å². The lowest BCUT2D eigenvalue weighted by Gasteiger charge is -2.48. The van der Waals surface area contributed by atoms with Crippen molar-refractivity contribution in [1.82, 2.24) is 9.55 Å². The fourth-order valence-corrected chi connectivity index (χ4v) is 11.2. The lowest BCUT2D eigenvalue weighted by atomic mass is 9.54. The molecule has 1 saturated carbocycles. The fourth-order valence-electron chi connectivity index (χ4n) is 11.2. The largest absolute Gasteiger partial charge is 0.309 e. The van der Waals surface area contributed by atoms with Crippen LogP contribution in [0.5, 0.6) is 0 Å². The van der Waals surface area contributed by atoms with E-state index in [4.69, 9.17) is 4.98 Å². The summed E-state index contributed by atoms with van der Waals surface area (Å²) >= 11 is 0. The zero-order chi connectivity index (χ0) is 41.7. The molecule has 7 aromatic rings. The number of nitrogens with zero attached hydrogens (tertiary/aromatic N) is 2. The zero-order valence-electron chi connectivity index (χ0n) is 35.5. The Morgan fingerprint density at radius 2 is 1.50 bits per heavy atom. The Morgan fingerprint density at radius 3 is 2.29 bits per heavy atom. The van der Waals surface area contributed by atoms with Crippen LogP contribution in [0.25, 0.3) is 49.9 Å². The van der Waals surface area contributed by atoms with Crippen molar-refractivity contribution in [3.05, 3.63) is 251 Å². The molecule has 0 amide bonds. The molecule has 11 rings (SSSR count). The number of para-hydroxylation sites is 2. The first kappa shape index (κ1) is 37.9. The summed E-state index contributed by atoms with van der Waals surface area (Å²) in [6, 6.07) is 49.1. The van der Waals surface area contributed by atoms with Gasteiger partial charge in [-0.1, -0.05) is 177 Å². The van der Waals surface area contributed by atoms with Crippen LogP contribution >= 0.6 is 0 Å². The van der Waals surface area contributed by atoms with Crippen LogP contribution in [0, 0.1) is 5.41 Å². The third-order valence-corrected chi connectivity index (χ3v) is 14.0. The van der Waals surface area contributed by atoms with Gasteiger partial charge in [0, 0.05) is 33.2 Å². The van der Waals surface area contributed by atoms with E-state index in [1.54, 1.807) is 0 Å². The smallest absolute Gasteiger partial charge is 0.0645 e. The molecule has 3 unspecified atom stereocenters. The topological polar surface area (TPSA) is 17.8 Å². The summed E-state index contributed by atoms with van der Waals surface area (Å²) in [5.41, 5.74) is 14.1. The molecule has 2 heteroatoms. The number of rotatable bonds is 7. The summed E-state index contributed by atoms with van der Waals surface area (Å²) in [4.78, 5) is 5.58. The van der Waals surface area contributed by atoms with Gasteiger partial charge in [0.15, 0.2) is 0 Å². The van der Waals surface area contributed by atoms with Crippen LogP contribution in [-0.4, -0.2) is 9.55 Å². The van der Waals surface area contributed by atoms with Crippen LogP contribution in [0.4, 0.5) is 0 Å². The number of hydrogen-bond donors (Lipinski definition) is 0. The van der Waals surface area contributed by atoms with Crippen LogP contribution in [0.15, 0.2) is 229 Å². The minimum absolute atomic E-state index is 0.224. The summed E-state index contributed by atoms with van der Waals surface area (Å²) in [6.07, 6.45) is 34.5. The van der Waals surface area contributed by atoms with Crippen LogP contribution in [0.3, 0.4) is 0 Å². The Hall–Kier alpha value is -7.03. The molecule has 0 aliphatic heterocycles. The summed E-state index contributed by atoms with van der Waals surface area (Å²) in [6.45, 7) is 4.66. The van der Waals surface area contributed by atoms with E-state index in [1.807, 2.05) is 0 Å². The Balaban J connectivity index is 1.17. The Kier molecular flexibility index (Phi) is 9.46. The van der Waals surface area contributed by atoms with Crippen LogP contribution in [0.2, 0.25) is 0 Å². The highest BCUT2D eigenvalue weighted by atomic mass is 15.0. The average molecular weight is 799 g/mol. The van der Waals surface area contributed by atoms with E-state index in [0.717, 1.165) is 37.1 Å². The molecule has 0 bridgehead atoms. The molecule has 2 nitrogen and oxygen atoms in total. The number of fused-ring (bicyclic) bond motifs is 5. The number of allylic oxidation sites excluding steroid dienone is 17. The van der Waals surface area contributed by atoms with Gasteiger partial charge in [-0.05, 0) is 119 Å². The fraction of sp³-hybridized carbons (Fsp3) is 0.150. The van der Waals surface area contributed by atoms with Crippen LogP contribution < -0.4 is 0 Å². The summed E-state index contributed by atoms with van der Waals surface area (Å²) < 4.78 is 2.40. The second kappa shape index (κ2) is 15.5. The van der Waals surface area contributed by atoms with Crippen molar-refractivity contribution in [2.24, 2.45) is 5.41 Å². The highest BCUT2D eigenvalue weighted by molar-refractivity contribution is 6.10. The first-order chi connectivity index (χ1) is 30.6. The van der Waals surface area contributed by atoms with Gasteiger partial charge in [-0.2, -0.15) is 0 Å². The van der Waals surface area contributed by atoms with E-state index in [0.29, 0.717) is 0 Å². The molecule has 2 heterocycles. The van der Waals surface area contributed by atoms with E-state index in [-0.39, 0.29) is 11.3 Å². The molecule has 0 spiro atoms. The third kappa shape index (κ3) is 5.96. The van der Waals surface area contributed by atoms with E-state index in [9.17, 15) is 0 Å². The molecule has 2 aromatic heterocycles. The summed E-state index contributed by atoms with van der Waals surface area (Å²) in [5.74, 6) is 0.224. The predicted molar refractivity (Wildman–Crippen MR) is 262 cm³/mol. The van der Waals surface area contributed by atoms with Gasteiger partial charge >= 0.3 is 0 Å². The Labute approximate surface area is 365 Å². The Bertz CT molecular complexity index is 3190. The first-order valence-electron chi connectivity index (χ1n) is 22.3. The van der Waals surface area contributed by atoms with Crippen LogP contribution in [-0.2, 0) is 5.41 Å². The number of pyridine rings is 1. The molecule has 5 aromatic carbocycles. The van der Waals surface area contributed by atoms with Gasteiger partial charge in [-0.25, -0.2) is 0 Å². The highest BCUT2D eigenvalue weighted by Gasteiger charge is 2.61. The molecule has 0 saturated heterocycles. The van der Waals surface area contributed by atoms with Crippen LogP contribution in [0.1, 0.15) is 68.0 Å². The van der Waals surface area contributed by atoms with Crippen molar-refractivity contribution in [1.29, 1.82) is 0 Å². The number of benzene rings is 5. The second-order valence-corrected chi connectivity index (χ2v) is 17.4. The normalized spacial score (nSPS) is 23.5. The summed E-state index contributed by atoms with van der Waals surface area (Å²) in [7, 11) is 0. The van der Waals surface area contributed by atoms with Gasteiger partial charge in [0.2, 0.25) is 0 Å². The van der Waals surface area contributed by atoms with Gasteiger partial charge in [0.25, 0.3) is 0 Å². The van der Waals surface area contributed by atoms with Gasteiger partial charge in [-0.3, -0.25) is 4.98 Å². The first-order valence-corrected chi connectivity index (χ1v) is 22.3.